The van der Waals surface area contributed by atoms with Gasteiger partial charge in [-0.2, -0.15) is 13.2 Å². The average Bonchev–Trinajstić information content (AvgIpc) is 2.96. The lowest BCUT2D eigenvalue weighted by molar-refractivity contribution is -0.184. The SMILES string of the molecule is O=C(COC(=O)CCc1ccc(Cl)s1)N[C@H]1CCC[C@@H](C(F)(F)F)C1. The molecule has 2 atom stereocenters. The van der Waals surface area contributed by atoms with Gasteiger partial charge >= 0.3 is 12.1 Å². The number of carbonyl (C=O) groups excluding carboxylic acids is 2. The van der Waals surface area contributed by atoms with Crippen LogP contribution in [0.4, 0.5) is 13.2 Å². The highest BCUT2D eigenvalue weighted by atomic mass is 35.5. The first-order valence-corrected chi connectivity index (χ1v) is 9.19. The fourth-order valence-corrected chi connectivity index (χ4v) is 3.90. The Balaban J connectivity index is 1.67. The molecule has 1 aromatic rings. The molecule has 0 aromatic carbocycles. The Bertz CT molecular complexity index is 606. The summed E-state index contributed by atoms with van der Waals surface area (Å²) in [5.41, 5.74) is 0. The van der Waals surface area contributed by atoms with Crippen molar-refractivity contribution in [2.75, 3.05) is 6.61 Å². The standard InChI is InChI=1S/C16H19ClF3NO3S/c17-13-6-4-12(25-13)5-7-15(23)24-9-14(22)21-11-3-1-2-10(8-11)16(18,19)20/h4,6,10-11H,1-3,5,7-9H2,(H,21,22)/t10-,11+/m1/s1. The highest BCUT2D eigenvalue weighted by molar-refractivity contribution is 7.16. The Morgan fingerprint density at radius 1 is 1.32 bits per heavy atom. The number of nitrogens with one attached hydrogen (secondary N) is 1. The van der Waals surface area contributed by atoms with Gasteiger partial charge in [0.15, 0.2) is 6.61 Å². The van der Waals surface area contributed by atoms with Crippen molar-refractivity contribution in [3.05, 3.63) is 21.3 Å². The minimum atomic E-state index is -4.24. The van der Waals surface area contributed by atoms with Gasteiger partial charge in [0.2, 0.25) is 0 Å². The minimum Gasteiger partial charge on any atom is -0.456 e. The van der Waals surface area contributed by atoms with E-state index in [2.05, 4.69) is 5.32 Å². The molecule has 0 aliphatic heterocycles. The van der Waals surface area contributed by atoms with Crippen LogP contribution >= 0.6 is 22.9 Å². The van der Waals surface area contributed by atoms with Crippen molar-refractivity contribution in [3.63, 3.8) is 0 Å². The number of rotatable bonds is 6. The number of alkyl halides is 3. The number of thiophene rings is 1. The van der Waals surface area contributed by atoms with Crippen LogP contribution in [0.15, 0.2) is 12.1 Å². The first-order valence-electron chi connectivity index (χ1n) is 8.00. The molecular weight excluding hydrogens is 379 g/mol. The van der Waals surface area contributed by atoms with Gasteiger partial charge in [-0.15, -0.1) is 11.3 Å². The van der Waals surface area contributed by atoms with Crippen LogP contribution in [0.5, 0.6) is 0 Å². The van der Waals surface area contributed by atoms with Crippen LogP contribution in [-0.4, -0.2) is 30.7 Å². The Morgan fingerprint density at radius 2 is 2.08 bits per heavy atom. The molecule has 1 aliphatic carbocycles. The lowest BCUT2D eigenvalue weighted by atomic mass is 9.85. The van der Waals surface area contributed by atoms with Crippen LogP contribution in [0, 0.1) is 5.92 Å². The van der Waals surface area contributed by atoms with Crippen molar-refractivity contribution >= 4 is 34.8 Å². The third-order valence-corrected chi connectivity index (χ3v) is 5.36. The normalized spacial score (nSPS) is 21.0. The van der Waals surface area contributed by atoms with Gasteiger partial charge in [-0.05, 0) is 37.8 Å². The number of carbonyl (C=O) groups is 2. The molecule has 1 amide bonds. The third kappa shape index (κ3) is 6.86. The smallest absolute Gasteiger partial charge is 0.391 e. The summed E-state index contributed by atoms with van der Waals surface area (Å²) >= 11 is 7.15. The summed E-state index contributed by atoms with van der Waals surface area (Å²) in [4.78, 5) is 24.3. The molecule has 1 aliphatic rings. The highest BCUT2D eigenvalue weighted by Crippen LogP contribution is 2.37. The molecule has 1 heterocycles. The maximum Gasteiger partial charge on any atom is 0.391 e. The lowest BCUT2D eigenvalue weighted by Crippen LogP contribution is -2.43. The van der Waals surface area contributed by atoms with E-state index in [0.29, 0.717) is 23.6 Å². The molecule has 1 N–H and O–H groups in total. The van der Waals surface area contributed by atoms with Crippen LogP contribution in [0.25, 0.3) is 0 Å². The predicted octanol–water partition coefficient (Wildman–Crippen LogP) is 4.11. The van der Waals surface area contributed by atoms with Crippen molar-refractivity contribution in [3.8, 4) is 0 Å². The molecule has 0 saturated heterocycles. The molecule has 2 rings (SSSR count). The summed E-state index contributed by atoms with van der Waals surface area (Å²) in [7, 11) is 0. The van der Waals surface area contributed by atoms with Crippen molar-refractivity contribution < 1.29 is 27.5 Å². The quantitative estimate of drug-likeness (QED) is 0.735. The van der Waals surface area contributed by atoms with Crippen LogP contribution in [0.2, 0.25) is 4.34 Å². The molecule has 0 unspecified atom stereocenters. The number of hydrogen-bond donors (Lipinski definition) is 1. The maximum absolute atomic E-state index is 12.7. The monoisotopic (exact) mass is 397 g/mol. The first kappa shape index (κ1) is 20.0. The van der Waals surface area contributed by atoms with Crippen molar-refractivity contribution in [1.82, 2.24) is 5.32 Å². The number of halogens is 4. The fraction of sp³-hybridized carbons (Fsp3) is 0.625. The largest absolute Gasteiger partial charge is 0.456 e. The molecule has 140 valence electrons. The van der Waals surface area contributed by atoms with Crippen molar-refractivity contribution in [2.24, 2.45) is 5.92 Å². The van der Waals surface area contributed by atoms with Gasteiger partial charge in [-0.3, -0.25) is 9.59 Å². The Labute approximate surface area is 152 Å². The van der Waals surface area contributed by atoms with Crippen LogP contribution < -0.4 is 5.32 Å². The second-order valence-corrected chi connectivity index (χ2v) is 7.84. The summed E-state index contributed by atoms with van der Waals surface area (Å²) in [6.07, 6.45) is -2.76. The second kappa shape index (κ2) is 8.89. The maximum atomic E-state index is 12.7. The second-order valence-electron chi connectivity index (χ2n) is 6.04. The predicted molar refractivity (Wildman–Crippen MR) is 88.6 cm³/mol. The van der Waals surface area contributed by atoms with E-state index in [1.807, 2.05) is 6.07 Å². The zero-order valence-corrected chi connectivity index (χ0v) is 15.0. The van der Waals surface area contributed by atoms with E-state index in [-0.39, 0.29) is 19.3 Å². The summed E-state index contributed by atoms with van der Waals surface area (Å²) in [5.74, 6) is -2.48. The molecule has 1 fully saturated rings. The number of esters is 1. The number of ether oxygens (including phenoxy) is 1. The van der Waals surface area contributed by atoms with Gasteiger partial charge in [0, 0.05) is 10.9 Å². The number of amides is 1. The highest BCUT2D eigenvalue weighted by Gasteiger charge is 2.42. The molecule has 0 radical (unpaired) electrons. The number of aryl methyl sites for hydroxylation is 1. The van der Waals surface area contributed by atoms with Crippen LogP contribution in [0.1, 0.15) is 37.0 Å². The summed E-state index contributed by atoms with van der Waals surface area (Å²) in [5, 5.41) is 2.52. The van der Waals surface area contributed by atoms with Gasteiger partial charge in [0.05, 0.1) is 16.7 Å². The molecule has 0 spiro atoms. The van der Waals surface area contributed by atoms with E-state index in [1.165, 1.54) is 11.3 Å². The fourth-order valence-electron chi connectivity index (χ4n) is 2.82. The van der Waals surface area contributed by atoms with Crippen LogP contribution in [-0.2, 0) is 20.7 Å². The van der Waals surface area contributed by atoms with E-state index in [1.54, 1.807) is 6.07 Å². The molecule has 25 heavy (non-hydrogen) atoms. The van der Waals surface area contributed by atoms with Crippen LogP contribution in [0.3, 0.4) is 0 Å². The van der Waals surface area contributed by atoms with Crippen molar-refractivity contribution in [1.29, 1.82) is 0 Å². The molecule has 9 heteroatoms. The topological polar surface area (TPSA) is 55.4 Å². The van der Waals surface area contributed by atoms with Gasteiger partial charge in [0.25, 0.3) is 5.91 Å². The van der Waals surface area contributed by atoms with E-state index in [4.69, 9.17) is 16.3 Å². The Kier molecular flexibility index (Phi) is 7.13. The van der Waals surface area contributed by atoms with Crippen molar-refractivity contribution in [2.45, 2.75) is 50.7 Å². The molecule has 4 nitrogen and oxygen atoms in total. The average molecular weight is 398 g/mol. The minimum absolute atomic E-state index is 0.0948. The third-order valence-electron chi connectivity index (χ3n) is 4.07. The molecule has 0 bridgehead atoms. The molecular formula is C16H19ClF3NO3S. The first-order chi connectivity index (χ1) is 11.7. The van der Waals surface area contributed by atoms with Gasteiger partial charge in [-0.25, -0.2) is 0 Å². The van der Waals surface area contributed by atoms with Gasteiger partial charge in [-0.1, -0.05) is 18.0 Å². The van der Waals surface area contributed by atoms with Gasteiger partial charge in [0.1, 0.15) is 0 Å². The van der Waals surface area contributed by atoms with E-state index in [0.717, 1.165) is 4.88 Å². The molecule has 1 aromatic heterocycles. The number of hydrogen-bond acceptors (Lipinski definition) is 4. The van der Waals surface area contributed by atoms with E-state index >= 15 is 0 Å². The summed E-state index contributed by atoms with van der Waals surface area (Å²) < 4.78 is 43.7. The molecule has 1 saturated carbocycles. The van der Waals surface area contributed by atoms with E-state index < -0.39 is 36.6 Å². The Hall–Kier alpha value is -1.28. The zero-order chi connectivity index (χ0) is 18.4. The summed E-state index contributed by atoms with van der Waals surface area (Å²) in [6.45, 7) is -0.475. The summed E-state index contributed by atoms with van der Waals surface area (Å²) in [6, 6.07) is 3.02. The Morgan fingerprint density at radius 3 is 2.72 bits per heavy atom. The van der Waals surface area contributed by atoms with E-state index in [9.17, 15) is 22.8 Å². The lowest BCUT2D eigenvalue weighted by Gasteiger charge is -2.30. The zero-order valence-electron chi connectivity index (χ0n) is 13.4. The van der Waals surface area contributed by atoms with Gasteiger partial charge < -0.3 is 10.1 Å².